The fourth-order valence-electron chi connectivity index (χ4n) is 1.64. The van der Waals surface area contributed by atoms with E-state index >= 15 is 0 Å². The van der Waals surface area contributed by atoms with Gasteiger partial charge in [-0.15, -0.1) is 4.74 Å². The summed E-state index contributed by atoms with van der Waals surface area (Å²) in [6, 6.07) is 9.37. The van der Waals surface area contributed by atoms with Crippen LogP contribution in [0.2, 0.25) is 0 Å². The summed E-state index contributed by atoms with van der Waals surface area (Å²) in [4.78, 5) is 11.9. The zero-order valence-corrected chi connectivity index (χ0v) is 8.86. The van der Waals surface area contributed by atoms with Crippen LogP contribution in [0, 0.1) is 6.92 Å². The summed E-state index contributed by atoms with van der Waals surface area (Å²) in [6.07, 6.45) is 0.702. The summed E-state index contributed by atoms with van der Waals surface area (Å²) in [5.41, 5.74) is 1.46. The van der Waals surface area contributed by atoms with Crippen molar-refractivity contribution in [3.05, 3.63) is 52.0 Å². The topological polar surface area (TPSA) is 35.1 Å². The first-order valence-electron chi connectivity index (χ1n) is 5.01. The number of nitrogens with zero attached hydrogens (tertiary/aromatic N) is 1. The van der Waals surface area contributed by atoms with Gasteiger partial charge in [0.15, 0.2) is 0 Å². The van der Waals surface area contributed by atoms with E-state index in [0.717, 1.165) is 11.3 Å². The third-order valence-electron chi connectivity index (χ3n) is 2.44. The van der Waals surface area contributed by atoms with E-state index in [9.17, 15) is 4.79 Å². The molecule has 3 heteroatoms. The van der Waals surface area contributed by atoms with Gasteiger partial charge in [0.25, 0.3) is 5.56 Å². The molecular weight excluding hydrogens is 190 g/mol. The molecule has 15 heavy (non-hydrogen) atoms. The van der Waals surface area contributed by atoms with Gasteiger partial charge in [-0.2, -0.15) is 0 Å². The highest BCUT2D eigenvalue weighted by molar-refractivity contribution is 5.31. The minimum absolute atomic E-state index is 0.0544. The Morgan fingerprint density at radius 1 is 1.27 bits per heavy atom. The third-order valence-corrected chi connectivity index (χ3v) is 2.44. The van der Waals surface area contributed by atoms with Crippen molar-refractivity contribution in [3.63, 3.8) is 0 Å². The number of rotatable bonds is 2. The van der Waals surface area contributed by atoms with Gasteiger partial charge in [-0.3, -0.25) is 4.79 Å². The maximum absolute atomic E-state index is 11.9. The smallest absolute Gasteiger partial charge is 0.290 e. The van der Waals surface area contributed by atoms with Crippen molar-refractivity contribution in [2.45, 2.75) is 20.3 Å². The molecule has 0 aliphatic carbocycles. The SMILES string of the molecule is CCc1c(C)on(-c2ccccc2)c1=O. The first-order chi connectivity index (χ1) is 7.24. The first kappa shape index (κ1) is 9.77. The van der Waals surface area contributed by atoms with Gasteiger partial charge in [-0.25, -0.2) is 0 Å². The Balaban J connectivity index is 2.61. The Bertz CT molecular complexity index is 508. The van der Waals surface area contributed by atoms with Crippen LogP contribution in [0.15, 0.2) is 39.6 Å². The maximum atomic E-state index is 11.9. The monoisotopic (exact) mass is 203 g/mol. The number of aromatic nitrogens is 1. The standard InChI is InChI=1S/C12H13NO2/c1-3-11-9(2)15-13(12(11)14)10-7-5-4-6-8-10/h4-8H,3H2,1-2H3. The van der Waals surface area contributed by atoms with E-state index in [1.165, 1.54) is 4.74 Å². The molecule has 1 aromatic carbocycles. The van der Waals surface area contributed by atoms with Gasteiger partial charge < -0.3 is 4.52 Å². The van der Waals surface area contributed by atoms with Gasteiger partial charge in [0.1, 0.15) is 5.76 Å². The highest BCUT2D eigenvalue weighted by Crippen LogP contribution is 2.10. The molecule has 2 rings (SSSR count). The van der Waals surface area contributed by atoms with Crippen molar-refractivity contribution in [1.29, 1.82) is 0 Å². The van der Waals surface area contributed by atoms with Crippen LogP contribution in [0.1, 0.15) is 18.2 Å². The number of hydrogen-bond donors (Lipinski definition) is 0. The Kier molecular flexibility index (Phi) is 2.46. The molecule has 0 radical (unpaired) electrons. The summed E-state index contributed by atoms with van der Waals surface area (Å²) >= 11 is 0. The van der Waals surface area contributed by atoms with Crippen molar-refractivity contribution < 1.29 is 4.52 Å². The van der Waals surface area contributed by atoms with Crippen LogP contribution in [0.5, 0.6) is 0 Å². The summed E-state index contributed by atoms with van der Waals surface area (Å²) in [6.45, 7) is 3.77. The quantitative estimate of drug-likeness (QED) is 0.750. The largest absolute Gasteiger partial charge is 0.376 e. The fourth-order valence-corrected chi connectivity index (χ4v) is 1.64. The van der Waals surface area contributed by atoms with Gasteiger partial charge in [0.2, 0.25) is 0 Å². The average Bonchev–Trinajstić information content (AvgIpc) is 2.55. The summed E-state index contributed by atoms with van der Waals surface area (Å²) in [5.74, 6) is 0.700. The van der Waals surface area contributed by atoms with Gasteiger partial charge in [0, 0.05) is 0 Å². The molecule has 0 aliphatic rings. The molecule has 0 saturated heterocycles. The fraction of sp³-hybridized carbons (Fsp3) is 0.250. The minimum Gasteiger partial charge on any atom is -0.376 e. The van der Waals surface area contributed by atoms with Crippen molar-refractivity contribution >= 4 is 0 Å². The minimum atomic E-state index is -0.0544. The number of benzene rings is 1. The van der Waals surface area contributed by atoms with Crippen molar-refractivity contribution in [3.8, 4) is 5.69 Å². The normalized spacial score (nSPS) is 10.5. The zero-order valence-electron chi connectivity index (χ0n) is 8.86. The molecule has 0 N–H and O–H groups in total. The predicted molar refractivity (Wildman–Crippen MR) is 58.4 cm³/mol. The van der Waals surface area contributed by atoms with Crippen LogP contribution >= 0.6 is 0 Å². The molecule has 0 unspecified atom stereocenters. The molecule has 3 nitrogen and oxygen atoms in total. The number of aryl methyl sites for hydroxylation is 1. The van der Waals surface area contributed by atoms with Gasteiger partial charge in [-0.1, -0.05) is 25.1 Å². The zero-order chi connectivity index (χ0) is 10.8. The molecule has 2 aromatic rings. The van der Waals surface area contributed by atoms with Crippen LogP contribution in [-0.2, 0) is 6.42 Å². The van der Waals surface area contributed by atoms with Crippen LogP contribution < -0.4 is 5.56 Å². The first-order valence-corrected chi connectivity index (χ1v) is 5.01. The second-order valence-electron chi connectivity index (χ2n) is 3.41. The van der Waals surface area contributed by atoms with Gasteiger partial charge >= 0.3 is 0 Å². The molecule has 0 saturated carbocycles. The third kappa shape index (κ3) is 1.61. The Morgan fingerprint density at radius 2 is 1.93 bits per heavy atom. The predicted octanol–water partition coefficient (Wildman–Crippen LogP) is 2.30. The van der Waals surface area contributed by atoms with Gasteiger partial charge in [-0.05, 0) is 25.5 Å². The average molecular weight is 203 g/mol. The highest BCUT2D eigenvalue weighted by atomic mass is 16.5. The molecule has 0 fully saturated rings. The van der Waals surface area contributed by atoms with E-state index in [1.54, 1.807) is 0 Å². The van der Waals surface area contributed by atoms with Crippen molar-refractivity contribution in [2.75, 3.05) is 0 Å². The Labute approximate surface area is 87.9 Å². The molecule has 0 spiro atoms. The van der Waals surface area contributed by atoms with E-state index < -0.39 is 0 Å². The van der Waals surface area contributed by atoms with E-state index in [-0.39, 0.29) is 5.56 Å². The molecular formula is C12H13NO2. The molecule has 0 amide bonds. The lowest BCUT2D eigenvalue weighted by Gasteiger charge is -1.97. The summed E-state index contributed by atoms with van der Waals surface area (Å²) in [7, 11) is 0. The van der Waals surface area contributed by atoms with Crippen LogP contribution in [0.3, 0.4) is 0 Å². The highest BCUT2D eigenvalue weighted by Gasteiger charge is 2.12. The van der Waals surface area contributed by atoms with E-state index in [1.807, 2.05) is 44.2 Å². The van der Waals surface area contributed by atoms with E-state index in [0.29, 0.717) is 12.2 Å². The summed E-state index contributed by atoms with van der Waals surface area (Å²) < 4.78 is 6.77. The van der Waals surface area contributed by atoms with Crippen LogP contribution in [-0.4, -0.2) is 4.74 Å². The van der Waals surface area contributed by atoms with E-state index in [2.05, 4.69) is 0 Å². The molecule has 1 heterocycles. The lowest BCUT2D eigenvalue weighted by molar-refractivity contribution is 0.322. The Hall–Kier alpha value is -1.77. The summed E-state index contributed by atoms with van der Waals surface area (Å²) in [5, 5.41) is 0. The Morgan fingerprint density at radius 3 is 2.47 bits per heavy atom. The lowest BCUT2D eigenvalue weighted by atomic mass is 10.2. The van der Waals surface area contributed by atoms with Crippen LogP contribution in [0.4, 0.5) is 0 Å². The molecule has 1 aromatic heterocycles. The van der Waals surface area contributed by atoms with Crippen molar-refractivity contribution in [1.82, 2.24) is 4.74 Å². The lowest BCUT2D eigenvalue weighted by Crippen LogP contribution is -2.15. The second kappa shape index (κ2) is 3.77. The molecule has 0 bridgehead atoms. The number of para-hydroxylation sites is 1. The van der Waals surface area contributed by atoms with E-state index in [4.69, 9.17) is 4.52 Å². The molecule has 0 aliphatic heterocycles. The molecule has 78 valence electrons. The van der Waals surface area contributed by atoms with Crippen LogP contribution in [0.25, 0.3) is 5.69 Å². The van der Waals surface area contributed by atoms with Gasteiger partial charge in [0.05, 0.1) is 11.3 Å². The molecule has 0 atom stereocenters. The van der Waals surface area contributed by atoms with Crippen molar-refractivity contribution in [2.24, 2.45) is 0 Å². The second-order valence-corrected chi connectivity index (χ2v) is 3.41. The number of hydrogen-bond acceptors (Lipinski definition) is 2. The maximum Gasteiger partial charge on any atom is 0.290 e.